The number of aryl methyl sites for hydroxylation is 2. The highest BCUT2D eigenvalue weighted by Crippen LogP contribution is 2.23. The number of nitrogens with one attached hydrogen (secondary N) is 1. The zero-order valence-corrected chi connectivity index (χ0v) is 21.1. The van der Waals surface area contributed by atoms with E-state index in [0.717, 1.165) is 27.3 Å². The average Bonchev–Trinajstić information content (AvgIpc) is 2.72. The smallest absolute Gasteiger partial charge is 0.244 e. The maximum Gasteiger partial charge on any atom is 0.244 e. The van der Waals surface area contributed by atoms with E-state index in [-0.39, 0.29) is 25.0 Å². The van der Waals surface area contributed by atoms with Gasteiger partial charge in [-0.1, -0.05) is 49.4 Å². The van der Waals surface area contributed by atoms with Crippen LogP contribution in [0.2, 0.25) is 0 Å². The third kappa shape index (κ3) is 7.05. The molecule has 0 saturated carbocycles. The third-order valence-corrected chi connectivity index (χ3v) is 6.61. The second-order valence-electron chi connectivity index (χ2n) is 8.59. The summed E-state index contributed by atoms with van der Waals surface area (Å²) in [5.74, 6) is -0.686. The second-order valence-corrected chi connectivity index (χ2v) is 10.5. The van der Waals surface area contributed by atoms with Crippen molar-refractivity contribution in [2.24, 2.45) is 0 Å². The highest BCUT2D eigenvalue weighted by atomic mass is 32.2. The van der Waals surface area contributed by atoms with Crippen LogP contribution in [0.4, 0.5) is 5.69 Å². The van der Waals surface area contributed by atoms with Gasteiger partial charge >= 0.3 is 0 Å². The zero-order chi connectivity index (χ0) is 24.8. The molecule has 2 rings (SSSR count). The van der Waals surface area contributed by atoms with Gasteiger partial charge in [0.05, 0.1) is 11.9 Å². The number of carbonyl (C=O) groups excluding carboxylic acids is 2. The van der Waals surface area contributed by atoms with Crippen molar-refractivity contribution in [1.29, 1.82) is 0 Å². The molecule has 0 spiro atoms. The first kappa shape index (κ1) is 26.4. The lowest BCUT2D eigenvalue weighted by Gasteiger charge is -2.33. The summed E-state index contributed by atoms with van der Waals surface area (Å²) >= 11 is 0. The van der Waals surface area contributed by atoms with Crippen LogP contribution in [0.5, 0.6) is 0 Å². The van der Waals surface area contributed by atoms with E-state index in [2.05, 4.69) is 5.32 Å². The van der Waals surface area contributed by atoms with Gasteiger partial charge in [0.25, 0.3) is 0 Å². The Hall–Kier alpha value is -2.87. The van der Waals surface area contributed by atoms with Crippen LogP contribution in [0, 0.1) is 13.8 Å². The first-order valence-electron chi connectivity index (χ1n) is 11.1. The summed E-state index contributed by atoms with van der Waals surface area (Å²) in [4.78, 5) is 28.1. The highest BCUT2D eigenvalue weighted by Gasteiger charge is 2.32. The van der Waals surface area contributed by atoms with Crippen LogP contribution in [0.15, 0.2) is 48.5 Å². The van der Waals surface area contributed by atoms with Gasteiger partial charge in [-0.05, 0) is 56.9 Å². The maximum absolute atomic E-state index is 13.6. The van der Waals surface area contributed by atoms with Crippen molar-refractivity contribution in [1.82, 2.24) is 10.2 Å². The van der Waals surface area contributed by atoms with Gasteiger partial charge in [-0.3, -0.25) is 13.9 Å². The van der Waals surface area contributed by atoms with E-state index in [1.165, 1.54) is 4.90 Å². The van der Waals surface area contributed by atoms with Gasteiger partial charge in [0, 0.05) is 12.6 Å². The number of amides is 2. The fraction of sp³-hybridized carbons (Fsp3) is 0.440. The topological polar surface area (TPSA) is 86.8 Å². The van der Waals surface area contributed by atoms with Crippen molar-refractivity contribution in [3.63, 3.8) is 0 Å². The number of para-hydroxylation sites is 1. The molecule has 0 unspecified atom stereocenters. The van der Waals surface area contributed by atoms with Gasteiger partial charge in [0.1, 0.15) is 12.6 Å². The van der Waals surface area contributed by atoms with Crippen molar-refractivity contribution in [3.8, 4) is 0 Å². The molecule has 0 aliphatic heterocycles. The fourth-order valence-corrected chi connectivity index (χ4v) is 4.62. The standard InChI is InChI=1S/C25H35N3O4S/c1-7-22(25(30)26-18(2)3)27(16-21-14-10-8-12-19(21)4)24(29)17-28(33(6,31)32)23-15-11-9-13-20(23)5/h8-15,18,22H,7,16-17H2,1-6H3,(H,26,30)/t22-/m0/s1. The van der Waals surface area contributed by atoms with E-state index >= 15 is 0 Å². The molecule has 1 N–H and O–H groups in total. The van der Waals surface area contributed by atoms with Gasteiger partial charge in [-0.25, -0.2) is 8.42 Å². The average molecular weight is 474 g/mol. The van der Waals surface area contributed by atoms with E-state index in [9.17, 15) is 18.0 Å². The molecular weight excluding hydrogens is 438 g/mol. The van der Waals surface area contributed by atoms with E-state index < -0.39 is 22.0 Å². The Balaban J connectivity index is 2.47. The summed E-state index contributed by atoms with van der Waals surface area (Å²) < 4.78 is 26.4. The number of hydrogen-bond acceptors (Lipinski definition) is 4. The van der Waals surface area contributed by atoms with Crippen molar-refractivity contribution in [2.45, 2.75) is 59.7 Å². The number of sulfonamides is 1. The van der Waals surface area contributed by atoms with Crippen LogP contribution in [0.1, 0.15) is 43.9 Å². The van der Waals surface area contributed by atoms with E-state index in [4.69, 9.17) is 0 Å². The number of hydrogen-bond donors (Lipinski definition) is 1. The predicted octanol–water partition coefficient (Wildman–Crippen LogP) is 3.40. The summed E-state index contributed by atoms with van der Waals surface area (Å²) in [5.41, 5.74) is 3.09. The van der Waals surface area contributed by atoms with Crippen molar-refractivity contribution in [3.05, 3.63) is 65.2 Å². The Morgan fingerprint density at radius 3 is 2.06 bits per heavy atom. The number of nitrogens with zero attached hydrogens (tertiary/aromatic N) is 2. The molecular formula is C25H35N3O4S. The number of rotatable bonds is 10. The summed E-state index contributed by atoms with van der Waals surface area (Å²) in [6.45, 7) is 9.14. The molecule has 0 aliphatic carbocycles. The van der Waals surface area contributed by atoms with Crippen molar-refractivity contribution < 1.29 is 18.0 Å². The molecule has 0 aliphatic rings. The monoisotopic (exact) mass is 473 g/mol. The summed E-state index contributed by atoms with van der Waals surface area (Å²) in [6.07, 6.45) is 1.49. The van der Waals surface area contributed by atoms with Gasteiger partial charge in [0.15, 0.2) is 0 Å². The Labute approximate surface area is 197 Å². The van der Waals surface area contributed by atoms with Crippen LogP contribution in [0.25, 0.3) is 0 Å². The van der Waals surface area contributed by atoms with Gasteiger partial charge in [-0.15, -0.1) is 0 Å². The summed E-state index contributed by atoms with van der Waals surface area (Å²) in [5, 5.41) is 2.89. The van der Waals surface area contributed by atoms with Crippen LogP contribution in [-0.4, -0.2) is 50.0 Å². The first-order chi connectivity index (χ1) is 15.5. The Morgan fingerprint density at radius 1 is 0.970 bits per heavy atom. The number of benzene rings is 2. The van der Waals surface area contributed by atoms with E-state index in [1.807, 2.05) is 58.0 Å². The van der Waals surface area contributed by atoms with E-state index in [0.29, 0.717) is 12.1 Å². The minimum Gasteiger partial charge on any atom is -0.352 e. The van der Waals surface area contributed by atoms with E-state index in [1.54, 1.807) is 25.1 Å². The fourth-order valence-electron chi connectivity index (χ4n) is 3.71. The normalized spacial score (nSPS) is 12.3. The summed E-state index contributed by atoms with van der Waals surface area (Å²) in [7, 11) is -3.74. The molecule has 8 heteroatoms. The SMILES string of the molecule is CC[C@@H](C(=O)NC(C)C)N(Cc1ccccc1C)C(=O)CN(c1ccccc1C)S(C)(=O)=O. The molecule has 180 valence electrons. The van der Waals surface area contributed by atoms with Gasteiger partial charge in [-0.2, -0.15) is 0 Å². The third-order valence-electron chi connectivity index (χ3n) is 5.48. The number of anilines is 1. The minimum absolute atomic E-state index is 0.0820. The van der Waals surface area contributed by atoms with Crippen LogP contribution >= 0.6 is 0 Å². The zero-order valence-electron chi connectivity index (χ0n) is 20.3. The van der Waals surface area contributed by atoms with Crippen LogP contribution in [-0.2, 0) is 26.2 Å². The molecule has 0 heterocycles. The molecule has 0 saturated heterocycles. The van der Waals surface area contributed by atoms with Gasteiger partial charge < -0.3 is 10.2 Å². The Morgan fingerprint density at radius 2 is 1.55 bits per heavy atom. The minimum atomic E-state index is -3.74. The lowest BCUT2D eigenvalue weighted by Crippen LogP contribution is -2.53. The molecule has 2 aromatic rings. The molecule has 0 bridgehead atoms. The molecule has 0 radical (unpaired) electrons. The first-order valence-corrected chi connectivity index (χ1v) is 13.0. The van der Waals surface area contributed by atoms with Crippen LogP contribution in [0.3, 0.4) is 0 Å². The lowest BCUT2D eigenvalue weighted by molar-refractivity contribution is -0.140. The largest absolute Gasteiger partial charge is 0.352 e. The quantitative estimate of drug-likeness (QED) is 0.573. The summed E-state index contributed by atoms with van der Waals surface area (Å²) in [6, 6.07) is 13.9. The highest BCUT2D eigenvalue weighted by molar-refractivity contribution is 7.92. The molecule has 1 atom stereocenters. The molecule has 2 aromatic carbocycles. The van der Waals surface area contributed by atoms with Crippen LogP contribution < -0.4 is 9.62 Å². The Bertz CT molecular complexity index is 1080. The Kier molecular flexibility index (Phi) is 9.05. The molecule has 0 fully saturated rings. The lowest BCUT2D eigenvalue weighted by atomic mass is 10.1. The molecule has 33 heavy (non-hydrogen) atoms. The predicted molar refractivity (Wildman–Crippen MR) is 132 cm³/mol. The van der Waals surface area contributed by atoms with Crippen molar-refractivity contribution >= 4 is 27.5 Å². The molecule has 7 nitrogen and oxygen atoms in total. The second kappa shape index (κ2) is 11.3. The maximum atomic E-state index is 13.6. The number of carbonyl (C=O) groups is 2. The van der Waals surface area contributed by atoms with Gasteiger partial charge in [0.2, 0.25) is 21.8 Å². The molecule has 0 aromatic heterocycles. The van der Waals surface area contributed by atoms with Crippen molar-refractivity contribution in [2.75, 3.05) is 17.1 Å². The molecule has 2 amide bonds.